The number of anilines is 1. The van der Waals surface area contributed by atoms with Crippen LogP contribution in [-0.2, 0) is 6.54 Å². The number of methoxy groups -OCH3 is 1. The van der Waals surface area contributed by atoms with Crippen LogP contribution in [0.1, 0.15) is 43.6 Å². The van der Waals surface area contributed by atoms with Crippen molar-refractivity contribution in [3.8, 4) is 11.5 Å². The van der Waals surface area contributed by atoms with Crippen molar-refractivity contribution in [2.45, 2.75) is 52.4 Å². The quantitative estimate of drug-likeness (QED) is 0.475. The number of carbonyl (C=O) groups excluding carboxylic acids is 2. The predicted octanol–water partition coefficient (Wildman–Crippen LogP) is 3.58. The summed E-state index contributed by atoms with van der Waals surface area (Å²) in [6, 6.07) is 12.4. The van der Waals surface area contributed by atoms with Crippen molar-refractivity contribution in [2.75, 3.05) is 39.2 Å². The molecule has 2 aromatic rings. The van der Waals surface area contributed by atoms with Crippen molar-refractivity contribution in [3.05, 3.63) is 53.6 Å². The number of benzene rings is 2. The Kier molecular flexibility index (Phi) is 9.77. The molecule has 1 aliphatic rings. The highest BCUT2D eigenvalue weighted by atomic mass is 16.5. The summed E-state index contributed by atoms with van der Waals surface area (Å²) in [5.41, 5.74) is 2.01. The lowest BCUT2D eigenvalue weighted by molar-refractivity contribution is 0.0341. The lowest BCUT2D eigenvalue weighted by Crippen LogP contribution is -2.49. The molecule has 0 spiro atoms. The molecule has 0 bridgehead atoms. The van der Waals surface area contributed by atoms with Crippen LogP contribution < -0.4 is 20.1 Å². The molecule has 3 amide bonds. The summed E-state index contributed by atoms with van der Waals surface area (Å²) in [5.74, 6) is 1.06. The number of likely N-dealkylation sites (N-methyl/N-ethyl adjacent to an activating group) is 1. The topological polar surface area (TPSA) is 103 Å². The minimum Gasteiger partial charge on any atom is -0.497 e. The van der Waals surface area contributed by atoms with Crippen molar-refractivity contribution in [1.29, 1.82) is 0 Å². The standard InChI is InChI=1S/C28H40N4O5/c1-18(2)29-28(35)30-22-9-12-25-24(13-22)27(34)32(20(4)17-33)14-19(3)26(37-25)16-31(5)15-21-7-10-23(36-6)11-8-21/h7-13,18-20,26,33H,14-17H2,1-6H3,(H2,29,30,35)/t19-,20-,26+/m1/s1. The molecule has 202 valence electrons. The number of ether oxygens (including phenoxy) is 2. The third kappa shape index (κ3) is 7.60. The van der Waals surface area contributed by atoms with Gasteiger partial charge in [0.05, 0.1) is 25.3 Å². The number of nitrogens with one attached hydrogen (secondary N) is 2. The molecule has 0 aliphatic carbocycles. The van der Waals surface area contributed by atoms with Gasteiger partial charge >= 0.3 is 6.03 Å². The Morgan fingerprint density at radius 3 is 2.54 bits per heavy atom. The number of carbonyl (C=O) groups is 2. The summed E-state index contributed by atoms with van der Waals surface area (Å²) in [6.45, 7) is 9.30. The Balaban J connectivity index is 1.85. The zero-order chi connectivity index (χ0) is 27.1. The van der Waals surface area contributed by atoms with Crippen LogP contribution in [0.3, 0.4) is 0 Å². The second-order valence-corrected chi connectivity index (χ2v) is 10.1. The maximum atomic E-state index is 13.6. The summed E-state index contributed by atoms with van der Waals surface area (Å²) in [4.78, 5) is 29.7. The Labute approximate surface area is 219 Å². The van der Waals surface area contributed by atoms with Crippen molar-refractivity contribution in [1.82, 2.24) is 15.1 Å². The molecular weight excluding hydrogens is 472 g/mol. The summed E-state index contributed by atoms with van der Waals surface area (Å²) in [6.07, 6.45) is -0.202. The van der Waals surface area contributed by atoms with Crippen LogP contribution in [0.25, 0.3) is 0 Å². The molecule has 1 heterocycles. The highest BCUT2D eigenvalue weighted by Gasteiger charge is 2.33. The molecule has 1 aliphatic heterocycles. The van der Waals surface area contributed by atoms with Crippen molar-refractivity contribution >= 4 is 17.6 Å². The number of aliphatic hydroxyl groups excluding tert-OH is 1. The van der Waals surface area contributed by atoms with Gasteiger partial charge in [-0.2, -0.15) is 0 Å². The fourth-order valence-corrected chi connectivity index (χ4v) is 4.36. The summed E-state index contributed by atoms with van der Waals surface area (Å²) in [7, 11) is 3.69. The van der Waals surface area contributed by atoms with Gasteiger partial charge in [-0.3, -0.25) is 9.69 Å². The number of amides is 3. The normalized spacial score (nSPS) is 18.5. The molecule has 9 nitrogen and oxygen atoms in total. The maximum Gasteiger partial charge on any atom is 0.319 e. The fourth-order valence-electron chi connectivity index (χ4n) is 4.36. The first-order valence-corrected chi connectivity index (χ1v) is 12.7. The summed E-state index contributed by atoms with van der Waals surface area (Å²) < 4.78 is 11.7. The number of hydrogen-bond donors (Lipinski definition) is 3. The zero-order valence-electron chi connectivity index (χ0n) is 22.7. The SMILES string of the molecule is COc1ccc(CN(C)C[C@@H]2Oc3ccc(NC(=O)NC(C)C)cc3C(=O)N([C@H](C)CO)C[C@H]2C)cc1. The monoisotopic (exact) mass is 512 g/mol. The van der Waals surface area contributed by atoms with Gasteiger partial charge in [0.15, 0.2) is 0 Å². The van der Waals surface area contributed by atoms with Gasteiger partial charge in [0, 0.05) is 37.3 Å². The Morgan fingerprint density at radius 1 is 1.22 bits per heavy atom. The first-order valence-electron chi connectivity index (χ1n) is 12.7. The highest BCUT2D eigenvalue weighted by Crippen LogP contribution is 2.31. The number of urea groups is 1. The van der Waals surface area contributed by atoms with E-state index in [1.54, 1.807) is 30.2 Å². The van der Waals surface area contributed by atoms with Gasteiger partial charge in [0.2, 0.25) is 0 Å². The molecule has 3 rings (SSSR count). The lowest BCUT2D eigenvalue weighted by atomic mass is 9.99. The molecule has 3 N–H and O–H groups in total. The first-order chi connectivity index (χ1) is 17.6. The number of nitrogens with zero attached hydrogens (tertiary/aromatic N) is 2. The Bertz CT molecular complexity index is 1060. The number of hydrogen-bond acceptors (Lipinski definition) is 6. The van der Waals surface area contributed by atoms with Crippen LogP contribution in [0.5, 0.6) is 11.5 Å². The summed E-state index contributed by atoms with van der Waals surface area (Å²) in [5, 5.41) is 15.4. The number of aliphatic hydroxyl groups is 1. The van der Waals surface area contributed by atoms with E-state index in [-0.39, 0.29) is 42.7 Å². The minimum absolute atomic E-state index is 0.0130. The average Bonchev–Trinajstić information content (AvgIpc) is 2.86. The molecule has 2 aromatic carbocycles. The molecule has 3 atom stereocenters. The van der Waals surface area contributed by atoms with Gasteiger partial charge in [-0.1, -0.05) is 19.1 Å². The molecule has 0 fully saturated rings. The van der Waals surface area contributed by atoms with Crippen LogP contribution in [-0.4, -0.2) is 78.9 Å². The second-order valence-electron chi connectivity index (χ2n) is 10.1. The van der Waals surface area contributed by atoms with Crippen molar-refractivity contribution < 1.29 is 24.2 Å². The number of rotatable bonds is 9. The molecule has 0 saturated carbocycles. The van der Waals surface area contributed by atoms with Crippen molar-refractivity contribution in [3.63, 3.8) is 0 Å². The van der Waals surface area contributed by atoms with Gasteiger partial charge in [-0.15, -0.1) is 0 Å². The van der Waals surface area contributed by atoms with Crippen molar-refractivity contribution in [2.24, 2.45) is 5.92 Å². The van der Waals surface area contributed by atoms with E-state index >= 15 is 0 Å². The first kappa shape index (κ1) is 28.3. The minimum atomic E-state index is -0.362. The Hall–Kier alpha value is -3.30. The van der Waals surface area contributed by atoms with Gasteiger partial charge in [0.25, 0.3) is 5.91 Å². The Morgan fingerprint density at radius 2 is 1.92 bits per heavy atom. The van der Waals surface area contributed by atoms with Gasteiger partial charge in [-0.05, 0) is 63.7 Å². The molecule has 37 heavy (non-hydrogen) atoms. The molecule has 0 radical (unpaired) electrons. The molecule has 0 saturated heterocycles. The van der Waals surface area contributed by atoms with E-state index in [1.165, 1.54) is 0 Å². The van der Waals surface area contributed by atoms with E-state index in [0.29, 0.717) is 30.1 Å². The van der Waals surface area contributed by atoms with Gasteiger partial charge < -0.3 is 30.1 Å². The van der Waals surface area contributed by atoms with Crippen LogP contribution in [0.4, 0.5) is 10.5 Å². The predicted molar refractivity (Wildman–Crippen MR) is 144 cm³/mol. The van der Waals surface area contributed by atoms with E-state index in [0.717, 1.165) is 17.9 Å². The van der Waals surface area contributed by atoms with E-state index in [9.17, 15) is 14.7 Å². The molecule has 0 aromatic heterocycles. The average molecular weight is 513 g/mol. The third-order valence-electron chi connectivity index (χ3n) is 6.45. The van der Waals surface area contributed by atoms with Gasteiger partial charge in [0.1, 0.15) is 17.6 Å². The maximum absolute atomic E-state index is 13.6. The van der Waals surface area contributed by atoms with Gasteiger partial charge in [-0.25, -0.2) is 4.79 Å². The van der Waals surface area contributed by atoms with E-state index in [4.69, 9.17) is 9.47 Å². The second kappa shape index (κ2) is 12.8. The smallest absolute Gasteiger partial charge is 0.319 e. The summed E-state index contributed by atoms with van der Waals surface area (Å²) >= 11 is 0. The van der Waals surface area contributed by atoms with E-state index in [1.807, 2.05) is 52.1 Å². The fraction of sp³-hybridized carbons (Fsp3) is 0.500. The van der Waals surface area contributed by atoms with E-state index in [2.05, 4.69) is 22.5 Å². The molecule has 9 heteroatoms. The van der Waals surface area contributed by atoms with E-state index < -0.39 is 0 Å². The molecular formula is C28H40N4O5. The highest BCUT2D eigenvalue weighted by molar-refractivity contribution is 5.99. The zero-order valence-corrected chi connectivity index (χ0v) is 22.7. The lowest BCUT2D eigenvalue weighted by Gasteiger charge is -2.38. The number of fused-ring (bicyclic) bond motifs is 1. The third-order valence-corrected chi connectivity index (χ3v) is 6.45. The largest absolute Gasteiger partial charge is 0.497 e. The van der Waals surface area contributed by atoms with Crippen LogP contribution in [0.15, 0.2) is 42.5 Å². The molecule has 0 unspecified atom stereocenters. The van der Waals surface area contributed by atoms with Crippen LogP contribution in [0, 0.1) is 5.92 Å². The van der Waals surface area contributed by atoms with Crippen LogP contribution >= 0.6 is 0 Å². The van der Waals surface area contributed by atoms with Crippen LogP contribution in [0.2, 0.25) is 0 Å².